The Kier molecular flexibility index (Phi) is 2.67. The summed E-state index contributed by atoms with van der Waals surface area (Å²) in [6.45, 7) is 0. The Morgan fingerprint density at radius 3 is 2.64 bits per heavy atom. The lowest BCUT2D eigenvalue weighted by molar-refractivity contribution is 0.507. The van der Waals surface area contributed by atoms with Gasteiger partial charge in [0, 0.05) is 0 Å². The van der Waals surface area contributed by atoms with Crippen LogP contribution in [0.3, 0.4) is 0 Å². The van der Waals surface area contributed by atoms with E-state index in [1.54, 1.807) is 11.1 Å². The Labute approximate surface area is 132 Å². The van der Waals surface area contributed by atoms with Crippen molar-refractivity contribution in [2.75, 3.05) is 0 Å². The van der Waals surface area contributed by atoms with Crippen molar-refractivity contribution in [3.05, 3.63) is 83.5 Å². The van der Waals surface area contributed by atoms with Crippen molar-refractivity contribution in [3.63, 3.8) is 0 Å². The zero-order valence-corrected chi connectivity index (χ0v) is 12.7. The fraction of sp³-hybridized carbons (Fsp3) is 0.273. The van der Waals surface area contributed by atoms with Crippen LogP contribution >= 0.6 is 0 Å². The van der Waals surface area contributed by atoms with E-state index in [2.05, 4.69) is 66.8 Å². The molecule has 5 rings (SSSR count). The summed E-state index contributed by atoms with van der Waals surface area (Å²) in [5.41, 5.74) is 7.64. The number of hydrogen-bond acceptors (Lipinski definition) is 0. The lowest BCUT2D eigenvalue weighted by atomic mass is 9.80. The van der Waals surface area contributed by atoms with Crippen LogP contribution in [0.4, 0.5) is 0 Å². The van der Waals surface area contributed by atoms with Crippen molar-refractivity contribution in [2.45, 2.75) is 25.2 Å². The largest absolute Gasteiger partial charge is 0.0808 e. The van der Waals surface area contributed by atoms with E-state index in [0.29, 0.717) is 11.8 Å². The van der Waals surface area contributed by atoms with Gasteiger partial charge in [0.1, 0.15) is 0 Å². The second-order valence-corrected chi connectivity index (χ2v) is 6.90. The molecule has 0 radical (unpaired) electrons. The molecule has 0 N–H and O–H groups in total. The minimum absolute atomic E-state index is 0.704. The van der Waals surface area contributed by atoms with Crippen molar-refractivity contribution in [2.24, 2.45) is 11.8 Å². The highest BCUT2D eigenvalue weighted by molar-refractivity contribution is 5.78. The molecular weight excluding hydrogens is 264 g/mol. The quantitative estimate of drug-likeness (QED) is 0.554. The van der Waals surface area contributed by atoms with Gasteiger partial charge in [0.05, 0.1) is 0 Å². The van der Waals surface area contributed by atoms with Crippen LogP contribution in [0.2, 0.25) is 0 Å². The molecule has 1 saturated carbocycles. The lowest BCUT2D eigenvalue weighted by Gasteiger charge is -2.24. The molecule has 3 unspecified atom stereocenters. The molecule has 0 aromatic heterocycles. The lowest BCUT2D eigenvalue weighted by Crippen LogP contribution is -2.13. The number of allylic oxidation sites excluding steroid dienone is 4. The van der Waals surface area contributed by atoms with Gasteiger partial charge in [-0.3, -0.25) is 0 Å². The van der Waals surface area contributed by atoms with E-state index in [0.717, 1.165) is 12.3 Å². The molecule has 3 aliphatic rings. The summed E-state index contributed by atoms with van der Waals surface area (Å²) in [5.74, 6) is 2.17. The number of hydrogen-bond donors (Lipinski definition) is 0. The number of fused-ring (bicyclic) bond motifs is 4. The van der Waals surface area contributed by atoms with Gasteiger partial charge >= 0.3 is 0 Å². The van der Waals surface area contributed by atoms with Gasteiger partial charge in [-0.05, 0) is 64.8 Å². The van der Waals surface area contributed by atoms with Gasteiger partial charge in [0.2, 0.25) is 0 Å². The predicted octanol–water partition coefficient (Wildman–Crippen LogP) is 5.49. The third-order valence-corrected chi connectivity index (χ3v) is 5.86. The molecule has 0 spiro atoms. The number of benzene rings is 2. The van der Waals surface area contributed by atoms with Gasteiger partial charge in [0.15, 0.2) is 0 Å². The fourth-order valence-electron chi connectivity index (χ4n) is 4.85. The minimum atomic E-state index is 0.704. The first-order valence-electron chi connectivity index (χ1n) is 8.47. The second kappa shape index (κ2) is 4.71. The standard InChI is InChI=1S/C22H20/c1-3-8-17-15(6-1)12-13-21(17)20-11-5-10-19-18-9-4-2-7-16(18)14-22(19)20/h1-11,15,17,21H,12-14H2. The summed E-state index contributed by atoms with van der Waals surface area (Å²) in [7, 11) is 0. The average Bonchev–Trinajstić information content (AvgIpc) is 3.16. The Balaban J connectivity index is 1.61. The molecule has 0 nitrogen and oxygen atoms in total. The van der Waals surface area contributed by atoms with Crippen molar-refractivity contribution >= 4 is 0 Å². The molecule has 0 heteroatoms. The van der Waals surface area contributed by atoms with Crippen molar-refractivity contribution in [1.29, 1.82) is 0 Å². The molecule has 3 aliphatic carbocycles. The molecule has 0 heterocycles. The van der Waals surface area contributed by atoms with Crippen LogP contribution < -0.4 is 0 Å². The van der Waals surface area contributed by atoms with Crippen molar-refractivity contribution in [3.8, 4) is 11.1 Å². The normalized spacial score (nSPS) is 27.5. The summed E-state index contributed by atoms with van der Waals surface area (Å²) >= 11 is 0. The Morgan fingerprint density at radius 1 is 0.773 bits per heavy atom. The Morgan fingerprint density at radius 2 is 1.64 bits per heavy atom. The topological polar surface area (TPSA) is 0 Å². The molecule has 1 fully saturated rings. The van der Waals surface area contributed by atoms with Crippen LogP contribution in [0, 0.1) is 11.8 Å². The average molecular weight is 284 g/mol. The zero-order chi connectivity index (χ0) is 14.5. The first kappa shape index (κ1) is 12.5. The SMILES string of the molecule is C1=CC2CCC(c3cccc4c3Cc3ccccc3-4)C2C=C1. The highest BCUT2D eigenvalue weighted by Crippen LogP contribution is 2.50. The van der Waals surface area contributed by atoms with E-state index < -0.39 is 0 Å². The molecule has 0 saturated heterocycles. The minimum Gasteiger partial charge on any atom is -0.0808 e. The Hall–Kier alpha value is -2.08. The molecule has 0 aliphatic heterocycles. The van der Waals surface area contributed by atoms with Crippen LogP contribution in [0.25, 0.3) is 11.1 Å². The van der Waals surface area contributed by atoms with Crippen LogP contribution in [0.5, 0.6) is 0 Å². The van der Waals surface area contributed by atoms with Gasteiger partial charge in [-0.2, -0.15) is 0 Å². The Bertz CT molecular complexity index is 793. The van der Waals surface area contributed by atoms with Crippen molar-refractivity contribution in [1.82, 2.24) is 0 Å². The van der Waals surface area contributed by atoms with E-state index in [9.17, 15) is 0 Å². The monoisotopic (exact) mass is 284 g/mol. The summed E-state index contributed by atoms with van der Waals surface area (Å²) < 4.78 is 0. The van der Waals surface area contributed by atoms with Gasteiger partial charge in [0.25, 0.3) is 0 Å². The molecule has 108 valence electrons. The molecular formula is C22H20. The third kappa shape index (κ3) is 1.70. The summed E-state index contributed by atoms with van der Waals surface area (Å²) in [6.07, 6.45) is 13.1. The van der Waals surface area contributed by atoms with Crippen LogP contribution in [0.1, 0.15) is 35.4 Å². The summed E-state index contributed by atoms with van der Waals surface area (Å²) in [6, 6.07) is 15.9. The predicted molar refractivity (Wildman–Crippen MR) is 91.9 cm³/mol. The van der Waals surface area contributed by atoms with Crippen LogP contribution in [0.15, 0.2) is 66.8 Å². The van der Waals surface area contributed by atoms with E-state index in [1.165, 1.54) is 29.5 Å². The molecule has 3 atom stereocenters. The van der Waals surface area contributed by atoms with Crippen LogP contribution in [-0.2, 0) is 6.42 Å². The van der Waals surface area contributed by atoms with Gasteiger partial charge in [-0.15, -0.1) is 0 Å². The highest BCUT2D eigenvalue weighted by Gasteiger charge is 2.36. The van der Waals surface area contributed by atoms with E-state index in [4.69, 9.17) is 0 Å². The molecule has 2 aromatic rings. The van der Waals surface area contributed by atoms with Gasteiger partial charge in [-0.1, -0.05) is 66.8 Å². The smallest absolute Gasteiger partial charge is 0.00106 e. The first-order valence-corrected chi connectivity index (χ1v) is 8.47. The molecule has 0 bridgehead atoms. The molecule has 2 aromatic carbocycles. The first-order chi connectivity index (χ1) is 10.9. The van der Waals surface area contributed by atoms with E-state index in [-0.39, 0.29) is 0 Å². The maximum Gasteiger partial charge on any atom is -0.00106 e. The maximum absolute atomic E-state index is 2.45. The molecule has 0 amide bonds. The summed E-state index contributed by atoms with van der Waals surface area (Å²) in [4.78, 5) is 0. The number of rotatable bonds is 1. The third-order valence-electron chi connectivity index (χ3n) is 5.86. The maximum atomic E-state index is 2.45. The van der Waals surface area contributed by atoms with Gasteiger partial charge < -0.3 is 0 Å². The second-order valence-electron chi connectivity index (χ2n) is 6.90. The molecule has 22 heavy (non-hydrogen) atoms. The zero-order valence-electron chi connectivity index (χ0n) is 12.7. The summed E-state index contributed by atoms with van der Waals surface area (Å²) in [5, 5.41) is 0. The highest BCUT2D eigenvalue weighted by atomic mass is 14.4. The van der Waals surface area contributed by atoms with Crippen molar-refractivity contribution < 1.29 is 0 Å². The van der Waals surface area contributed by atoms with Gasteiger partial charge in [-0.25, -0.2) is 0 Å². The van der Waals surface area contributed by atoms with E-state index in [1.807, 2.05) is 0 Å². The van der Waals surface area contributed by atoms with E-state index >= 15 is 0 Å². The fourth-order valence-corrected chi connectivity index (χ4v) is 4.85. The van der Waals surface area contributed by atoms with Crippen LogP contribution in [-0.4, -0.2) is 0 Å².